The first-order valence-electron chi connectivity index (χ1n) is 11.2. The van der Waals surface area contributed by atoms with E-state index < -0.39 is 23.1 Å². The van der Waals surface area contributed by atoms with E-state index in [0.29, 0.717) is 43.8 Å². The van der Waals surface area contributed by atoms with Gasteiger partial charge in [-0.1, -0.05) is 6.07 Å². The number of aliphatic hydroxyl groups is 1. The predicted molar refractivity (Wildman–Crippen MR) is 127 cm³/mol. The molecule has 2 rings (SSSR count). The van der Waals surface area contributed by atoms with E-state index in [2.05, 4.69) is 20.8 Å². The number of hydrogen-bond donors (Lipinski definition) is 6. The summed E-state index contributed by atoms with van der Waals surface area (Å²) in [5.74, 6) is -2.10. The van der Waals surface area contributed by atoms with Crippen LogP contribution >= 0.6 is 0 Å². The lowest BCUT2D eigenvalue weighted by atomic mass is 10.0. The number of fused-ring (bicyclic) bond motifs is 1. The quantitative estimate of drug-likeness (QED) is 0.0750. The van der Waals surface area contributed by atoms with Crippen molar-refractivity contribution < 1.29 is 49.2 Å². The molecule has 1 aromatic carbocycles. The standard InChI is InChI=1S/C18H26N4O7.C4H4O4/c23-13(11-19-8-9-20-17(24)5-2-10-29-22(26)27)12-28-16-4-1-3-15-14(16)6-7-18(25)21-15;5-3(6)1-2-4(7)8/h1,3-4,13,19,23H,2,5-12H2,(H,20,24)(H,21,25);1-2H,(H,5,6)(H,7,8). The summed E-state index contributed by atoms with van der Waals surface area (Å²) in [5, 5.41) is 43.2. The van der Waals surface area contributed by atoms with E-state index in [1.807, 2.05) is 12.1 Å². The molecule has 0 saturated carbocycles. The molecule has 1 aliphatic rings. The Morgan fingerprint density at radius 1 is 1.16 bits per heavy atom. The zero-order valence-electron chi connectivity index (χ0n) is 19.9. The highest BCUT2D eigenvalue weighted by atomic mass is 16.9. The molecular formula is C22H30N4O11. The average Bonchev–Trinajstić information content (AvgIpc) is 2.84. The molecule has 0 radical (unpaired) electrons. The first-order valence-corrected chi connectivity index (χ1v) is 11.2. The highest BCUT2D eigenvalue weighted by molar-refractivity contribution is 5.94. The molecule has 1 aliphatic heterocycles. The molecule has 0 aliphatic carbocycles. The topological polar surface area (TPSA) is 227 Å². The molecule has 0 saturated heterocycles. The third kappa shape index (κ3) is 14.7. The van der Waals surface area contributed by atoms with Crippen molar-refractivity contribution in [3.05, 3.63) is 46.0 Å². The van der Waals surface area contributed by atoms with Gasteiger partial charge in [-0.2, -0.15) is 0 Å². The normalized spacial score (nSPS) is 12.8. The lowest BCUT2D eigenvalue weighted by Crippen LogP contribution is -2.37. The predicted octanol–water partition coefficient (Wildman–Crippen LogP) is -0.283. The molecule has 1 heterocycles. The second-order valence-corrected chi connectivity index (χ2v) is 7.52. The number of aliphatic hydroxyl groups excluding tert-OH is 1. The summed E-state index contributed by atoms with van der Waals surface area (Å²) < 4.78 is 5.70. The van der Waals surface area contributed by atoms with Gasteiger partial charge in [-0.25, -0.2) is 9.59 Å². The first kappa shape index (κ1) is 30.8. The number of hydrogen-bond acceptors (Lipinski definition) is 10. The van der Waals surface area contributed by atoms with Crippen molar-refractivity contribution in [1.29, 1.82) is 0 Å². The highest BCUT2D eigenvalue weighted by Crippen LogP contribution is 2.31. The Morgan fingerprint density at radius 2 is 1.86 bits per heavy atom. The zero-order valence-corrected chi connectivity index (χ0v) is 19.9. The molecule has 2 amide bonds. The van der Waals surface area contributed by atoms with Gasteiger partial charge in [0.15, 0.2) is 0 Å². The van der Waals surface area contributed by atoms with Crippen molar-refractivity contribution in [3.8, 4) is 5.75 Å². The maximum atomic E-state index is 11.5. The van der Waals surface area contributed by atoms with E-state index in [0.717, 1.165) is 11.3 Å². The Morgan fingerprint density at radius 3 is 2.51 bits per heavy atom. The SMILES string of the molecule is O=C(CCCO[N+](=O)[O-])NCCNCC(O)COc1cccc2c1CCC(=O)N2.O=C(O)C=CC(=O)O. The number of carboxylic acids is 2. The molecule has 15 heteroatoms. The lowest BCUT2D eigenvalue weighted by Gasteiger charge is -2.21. The molecule has 0 bridgehead atoms. The molecule has 37 heavy (non-hydrogen) atoms. The number of ether oxygens (including phenoxy) is 1. The smallest absolute Gasteiger partial charge is 0.328 e. The van der Waals surface area contributed by atoms with Gasteiger partial charge in [0.05, 0.1) is 6.61 Å². The second-order valence-electron chi connectivity index (χ2n) is 7.52. The number of carboxylic acid groups (broad SMARTS) is 2. The van der Waals surface area contributed by atoms with E-state index in [1.165, 1.54) is 0 Å². The lowest BCUT2D eigenvalue weighted by molar-refractivity contribution is -0.757. The molecule has 1 aromatic rings. The fourth-order valence-electron chi connectivity index (χ4n) is 2.93. The Balaban J connectivity index is 0.000000738. The third-order valence-electron chi connectivity index (χ3n) is 4.56. The van der Waals surface area contributed by atoms with Crippen molar-refractivity contribution in [2.24, 2.45) is 0 Å². The number of carbonyl (C=O) groups excluding carboxylic acids is 2. The number of anilines is 1. The van der Waals surface area contributed by atoms with E-state index in [9.17, 15) is 34.4 Å². The Kier molecular flexibility index (Phi) is 14.3. The summed E-state index contributed by atoms with van der Waals surface area (Å²) in [4.78, 5) is 56.2. The Hall–Kier alpha value is -4.24. The van der Waals surface area contributed by atoms with Gasteiger partial charge in [0, 0.05) is 55.9 Å². The summed E-state index contributed by atoms with van der Waals surface area (Å²) in [7, 11) is 0. The maximum Gasteiger partial charge on any atom is 0.328 e. The van der Waals surface area contributed by atoms with Gasteiger partial charge in [0.2, 0.25) is 11.8 Å². The highest BCUT2D eigenvalue weighted by Gasteiger charge is 2.18. The summed E-state index contributed by atoms with van der Waals surface area (Å²) in [6.45, 7) is 1.11. The average molecular weight is 526 g/mol. The number of carbonyl (C=O) groups is 4. The summed E-state index contributed by atoms with van der Waals surface area (Å²) >= 11 is 0. The van der Waals surface area contributed by atoms with Crippen molar-refractivity contribution >= 4 is 29.4 Å². The van der Waals surface area contributed by atoms with Crippen LogP contribution in [-0.2, 0) is 30.4 Å². The van der Waals surface area contributed by atoms with Crippen molar-refractivity contribution in [1.82, 2.24) is 10.6 Å². The molecule has 0 spiro atoms. The minimum absolute atomic E-state index is 0.0177. The van der Waals surface area contributed by atoms with Gasteiger partial charge in [-0.15, -0.1) is 10.1 Å². The van der Waals surface area contributed by atoms with E-state index in [-0.39, 0.29) is 44.4 Å². The third-order valence-corrected chi connectivity index (χ3v) is 4.56. The Bertz CT molecular complexity index is 952. The van der Waals surface area contributed by atoms with Gasteiger partial charge >= 0.3 is 11.9 Å². The van der Waals surface area contributed by atoms with Crippen LogP contribution in [0.1, 0.15) is 24.8 Å². The van der Waals surface area contributed by atoms with Gasteiger partial charge in [0.1, 0.15) is 18.5 Å². The van der Waals surface area contributed by atoms with Crippen LogP contribution in [0.5, 0.6) is 5.75 Å². The zero-order chi connectivity index (χ0) is 27.6. The molecular weight excluding hydrogens is 496 g/mol. The molecule has 1 unspecified atom stereocenters. The van der Waals surface area contributed by atoms with Crippen LogP contribution in [0.25, 0.3) is 0 Å². The van der Waals surface area contributed by atoms with E-state index >= 15 is 0 Å². The second kappa shape index (κ2) is 17.2. The van der Waals surface area contributed by atoms with Crippen LogP contribution in [0.3, 0.4) is 0 Å². The van der Waals surface area contributed by atoms with Crippen molar-refractivity contribution in [2.45, 2.75) is 31.8 Å². The minimum Gasteiger partial charge on any atom is -0.490 e. The monoisotopic (exact) mass is 526 g/mol. The molecule has 15 nitrogen and oxygen atoms in total. The number of aliphatic carboxylic acids is 2. The molecule has 6 N–H and O–H groups in total. The summed E-state index contributed by atoms with van der Waals surface area (Å²) in [5.41, 5.74) is 1.67. The van der Waals surface area contributed by atoms with Crippen LogP contribution in [0.15, 0.2) is 30.4 Å². The van der Waals surface area contributed by atoms with Gasteiger partial charge in [0.25, 0.3) is 5.09 Å². The van der Waals surface area contributed by atoms with Gasteiger partial charge in [-0.3, -0.25) is 9.59 Å². The number of benzene rings is 1. The molecule has 204 valence electrons. The molecule has 1 atom stereocenters. The summed E-state index contributed by atoms with van der Waals surface area (Å²) in [6, 6.07) is 5.42. The van der Waals surface area contributed by atoms with Gasteiger partial charge in [-0.05, 0) is 25.0 Å². The van der Waals surface area contributed by atoms with Crippen LogP contribution < -0.4 is 20.7 Å². The number of amides is 2. The van der Waals surface area contributed by atoms with Crippen LogP contribution in [0.4, 0.5) is 5.69 Å². The van der Waals surface area contributed by atoms with Gasteiger partial charge < -0.3 is 40.8 Å². The molecule has 0 fully saturated rings. The number of nitrogens with one attached hydrogen (secondary N) is 3. The largest absolute Gasteiger partial charge is 0.490 e. The van der Waals surface area contributed by atoms with Crippen LogP contribution in [0.2, 0.25) is 0 Å². The number of rotatable bonds is 15. The number of nitrogens with zero attached hydrogens (tertiary/aromatic N) is 1. The fraction of sp³-hybridized carbons (Fsp3) is 0.455. The molecule has 0 aromatic heterocycles. The van der Waals surface area contributed by atoms with E-state index in [4.69, 9.17) is 14.9 Å². The van der Waals surface area contributed by atoms with Crippen LogP contribution in [0, 0.1) is 10.1 Å². The fourth-order valence-corrected chi connectivity index (χ4v) is 2.93. The van der Waals surface area contributed by atoms with Crippen molar-refractivity contribution in [2.75, 3.05) is 38.2 Å². The van der Waals surface area contributed by atoms with E-state index in [1.54, 1.807) is 6.07 Å². The summed E-state index contributed by atoms with van der Waals surface area (Å²) in [6.07, 6.45) is 1.80. The van der Waals surface area contributed by atoms with Crippen LogP contribution in [-0.4, -0.2) is 83.1 Å². The maximum absolute atomic E-state index is 11.5. The first-order chi connectivity index (χ1) is 17.6. The van der Waals surface area contributed by atoms with Crippen molar-refractivity contribution in [3.63, 3.8) is 0 Å². The minimum atomic E-state index is -1.26. The Labute approximate surface area is 211 Å².